The lowest BCUT2D eigenvalue weighted by Gasteiger charge is -2.22. The van der Waals surface area contributed by atoms with Crippen LogP contribution in [0.2, 0.25) is 0 Å². The van der Waals surface area contributed by atoms with Crippen LogP contribution in [0.1, 0.15) is 17.5 Å². The molecule has 1 aliphatic heterocycles. The molecule has 29 heavy (non-hydrogen) atoms. The highest BCUT2D eigenvalue weighted by atomic mass is 19.4. The number of nitrogens with zero attached hydrogens (tertiary/aromatic N) is 3. The summed E-state index contributed by atoms with van der Waals surface area (Å²) in [5, 5.41) is 9.88. The molecule has 1 aliphatic rings. The number of anilines is 1. The lowest BCUT2D eigenvalue weighted by atomic mass is 10.1. The first kappa shape index (κ1) is 19.4. The summed E-state index contributed by atoms with van der Waals surface area (Å²) in [6.07, 6.45) is -3.79. The second-order valence-corrected chi connectivity index (χ2v) is 7.35. The molecule has 1 fully saturated rings. The molecular formula is C21H20F3N3O2. The van der Waals surface area contributed by atoms with E-state index in [1.807, 2.05) is 4.90 Å². The Kier molecular flexibility index (Phi) is 4.82. The number of fused-ring (bicyclic) bond motifs is 1. The Morgan fingerprint density at radius 2 is 1.97 bits per heavy atom. The molecule has 0 radical (unpaired) electrons. The number of aliphatic hydroxyl groups excluding tert-OH is 1. The van der Waals surface area contributed by atoms with Crippen molar-refractivity contribution in [2.75, 3.05) is 24.6 Å². The van der Waals surface area contributed by atoms with Gasteiger partial charge < -0.3 is 10.0 Å². The Morgan fingerprint density at radius 1 is 1.21 bits per heavy atom. The maximum absolute atomic E-state index is 13.4. The number of halogens is 3. The number of aliphatic hydroxyl groups is 1. The molecule has 0 aliphatic carbocycles. The van der Waals surface area contributed by atoms with Gasteiger partial charge in [-0.15, -0.1) is 0 Å². The van der Waals surface area contributed by atoms with Crippen LogP contribution in [0.25, 0.3) is 16.6 Å². The highest BCUT2D eigenvalue weighted by Gasteiger charge is 2.32. The van der Waals surface area contributed by atoms with Crippen molar-refractivity contribution in [3.8, 4) is 5.69 Å². The molecule has 1 atom stereocenters. The number of hydrogen-bond acceptors (Lipinski definition) is 4. The lowest BCUT2D eigenvalue weighted by Crippen LogP contribution is -2.29. The molecule has 1 saturated heterocycles. The van der Waals surface area contributed by atoms with Gasteiger partial charge in [0, 0.05) is 31.0 Å². The zero-order valence-electron chi connectivity index (χ0n) is 15.8. The van der Waals surface area contributed by atoms with Crippen LogP contribution < -0.4 is 10.6 Å². The van der Waals surface area contributed by atoms with Crippen LogP contribution in [-0.2, 0) is 6.18 Å². The van der Waals surface area contributed by atoms with Gasteiger partial charge in [-0.25, -0.2) is 4.79 Å². The van der Waals surface area contributed by atoms with Crippen LogP contribution in [0, 0.1) is 12.8 Å². The van der Waals surface area contributed by atoms with Gasteiger partial charge in [-0.2, -0.15) is 18.2 Å². The Hall–Kier alpha value is -2.87. The first-order valence-electron chi connectivity index (χ1n) is 9.35. The van der Waals surface area contributed by atoms with Crippen molar-refractivity contribution >= 4 is 16.7 Å². The number of aryl methyl sites for hydroxylation is 1. The highest BCUT2D eigenvalue weighted by Crippen LogP contribution is 2.35. The molecule has 1 aromatic heterocycles. The fourth-order valence-corrected chi connectivity index (χ4v) is 3.85. The summed E-state index contributed by atoms with van der Waals surface area (Å²) in [7, 11) is 0. The van der Waals surface area contributed by atoms with E-state index in [1.54, 1.807) is 31.2 Å². The van der Waals surface area contributed by atoms with Crippen molar-refractivity contribution in [2.45, 2.75) is 19.5 Å². The number of benzene rings is 2. The smallest absolute Gasteiger partial charge is 0.396 e. The largest absolute Gasteiger partial charge is 0.416 e. The van der Waals surface area contributed by atoms with Gasteiger partial charge in [-0.05, 0) is 43.2 Å². The Morgan fingerprint density at radius 3 is 2.62 bits per heavy atom. The minimum absolute atomic E-state index is 0.0208. The van der Waals surface area contributed by atoms with Gasteiger partial charge in [0.1, 0.15) is 5.82 Å². The third kappa shape index (κ3) is 3.48. The monoisotopic (exact) mass is 403 g/mol. The molecule has 0 unspecified atom stereocenters. The van der Waals surface area contributed by atoms with E-state index in [0.717, 1.165) is 24.1 Å². The fourth-order valence-electron chi connectivity index (χ4n) is 3.85. The van der Waals surface area contributed by atoms with Gasteiger partial charge in [-0.1, -0.05) is 18.2 Å². The molecule has 1 N–H and O–H groups in total. The molecule has 3 aromatic rings. The minimum atomic E-state index is -4.53. The second-order valence-electron chi connectivity index (χ2n) is 7.35. The van der Waals surface area contributed by atoms with Crippen LogP contribution in [0.4, 0.5) is 19.0 Å². The summed E-state index contributed by atoms with van der Waals surface area (Å²) < 4.78 is 41.4. The molecule has 5 nitrogen and oxygen atoms in total. The van der Waals surface area contributed by atoms with E-state index in [-0.39, 0.29) is 18.0 Å². The average molecular weight is 403 g/mol. The minimum Gasteiger partial charge on any atom is -0.396 e. The Bertz CT molecular complexity index is 1120. The van der Waals surface area contributed by atoms with Gasteiger partial charge in [0.2, 0.25) is 0 Å². The molecule has 0 saturated carbocycles. The van der Waals surface area contributed by atoms with E-state index < -0.39 is 17.4 Å². The molecule has 8 heteroatoms. The van der Waals surface area contributed by atoms with Crippen LogP contribution in [0.15, 0.2) is 47.3 Å². The Labute approximate surface area is 165 Å². The summed E-state index contributed by atoms with van der Waals surface area (Å²) >= 11 is 0. The van der Waals surface area contributed by atoms with Crippen LogP contribution >= 0.6 is 0 Å². The van der Waals surface area contributed by atoms with E-state index in [0.29, 0.717) is 30.0 Å². The number of rotatable bonds is 3. The van der Waals surface area contributed by atoms with Crippen molar-refractivity contribution in [1.29, 1.82) is 0 Å². The predicted molar refractivity (Wildman–Crippen MR) is 104 cm³/mol. The molecule has 0 amide bonds. The first-order chi connectivity index (χ1) is 13.8. The normalized spacial score (nSPS) is 17.3. The molecule has 2 heterocycles. The molecule has 0 spiro atoms. The summed E-state index contributed by atoms with van der Waals surface area (Å²) in [6.45, 7) is 2.91. The predicted octanol–water partition coefficient (Wildman–Crippen LogP) is 3.53. The van der Waals surface area contributed by atoms with Gasteiger partial charge >= 0.3 is 11.9 Å². The van der Waals surface area contributed by atoms with E-state index >= 15 is 0 Å². The van der Waals surface area contributed by atoms with E-state index in [2.05, 4.69) is 4.98 Å². The number of para-hydroxylation sites is 1. The van der Waals surface area contributed by atoms with Crippen molar-refractivity contribution < 1.29 is 18.3 Å². The van der Waals surface area contributed by atoms with Crippen molar-refractivity contribution in [2.24, 2.45) is 5.92 Å². The molecule has 4 rings (SSSR count). The number of alkyl halides is 3. The zero-order valence-corrected chi connectivity index (χ0v) is 15.8. The van der Waals surface area contributed by atoms with Crippen LogP contribution in [-0.4, -0.2) is 34.4 Å². The van der Waals surface area contributed by atoms with E-state index in [9.17, 15) is 23.1 Å². The topological polar surface area (TPSA) is 58.4 Å². The molecular weight excluding hydrogens is 383 g/mol. The first-order valence-corrected chi connectivity index (χ1v) is 9.35. The number of hydrogen-bond donors (Lipinski definition) is 1. The standard InChI is InChI=1S/C21H20F3N3O2/c1-13-4-2-3-5-17(13)27-18-10-15(21(22,23)24)6-7-16(18)19(25-20(27)29)26-9-8-14(11-26)12-28/h2-7,10,14,28H,8-9,11-12H2,1H3/t14-/m1/s1. The van der Waals surface area contributed by atoms with Crippen molar-refractivity contribution in [3.05, 3.63) is 64.1 Å². The second kappa shape index (κ2) is 7.18. The van der Waals surface area contributed by atoms with Gasteiger partial charge in [0.25, 0.3) is 0 Å². The molecule has 152 valence electrons. The van der Waals surface area contributed by atoms with E-state index in [1.165, 1.54) is 10.6 Å². The van der Waals surface area contributed by atoms with E-state index in [4.69, 9.17) is 0 Å². The summed E-state index contributed by atoms with van der Waals surface area (Å²) in [5.41, 5.74) is -0.0383. The van der Waals surface area contributed by atoms with Crippen LogP contribution in [0.3, 0.4) is 0 Å². The summed E-state index contributed by atoms with van der Waals surface area (Å²) in [4.78, 5) is 19.1. The molecule has 2 aromatic carbocycles. The average Bonchev–Trinajstić information content (AvgIpc) is 3.16. The quantitative estimate of drug-likeness (QED) is 0.727. The van der Waals surface area contributed by atoms with Crippen molar-refractivity contribution in [3.63, 3.8) is 0 Å². The molecule has 0 bridgehead atoms. The SMILES string of the molecule is Cc1ccccc1-n1c(=O)nc(N2CC[C@@H](CO)C2)c2ccc(C(F)(F)F)cc21. The Balaban J connectivity index is 2.01. The van der Waals surface area contributed by atoms with Gasteiger partial charge in [-0.3, -0.25) is 4.57 Å². The lowest BCUT2D eigenvalue weighted by molar-refractivity contribution is -0.137. The van der Waals surface area contributed by atoms with Crippen LogP contribution in [0.5, 0.6) is 0 Å². The maximum atomic E-state index is 13.4. The third-order valence-corrected chi connectivity index (χ3v) is 5.40. The zero-order chi connectivity index (χ0) is 20.8. The highest BCUT2D eigenvalue weighted by molar-refractivity contribution is 5.91. The summed E-state index contributed by atoms with van der Waals surface area (Å²) in [6, 6.07) is 10.4. The van der Waals surface area contributed by atoms with Gasteiger partial charge in [0.15, 0.2) is 0 Å². The maximum Gasteiger partial charge on any atom is 0.416 e. The third-order valence-electron chi connectivity index (χ3n) is 5.40. The number of aromatic nitrogens is 2. The van der Waals surface area contributed by atoms with Crippen molar-refractivity contribution in [1.82, 2.24) is 9.55 Å². The van der Waals surface area contributed by atoms with Gasteiger partial charge in [0.05, 0.1) is 16.8 Å². The fraction of sp³-hybridized carbons (Fsp3) is 0.333. The summed E-state index contributed by atoms with van der Waals surface area (Å²) in [5.74, 6) is 0.416.